The zero-order valence-electron chi connectivity index (χ0n) is 15.1. The highest BCUT2D eigenvalue weighted by Crippen LogP contribution is 2.43. The summed E-state index contributed by atoms with van der Waals surface area (Å²) in [6, 6.07) is 6.60. The minimum absolute atomic E-state index is 0.0170. The maximum Gasteiger partial charge on any atom is 0.244 e. The standard InChI is InChI=1S/C18H23N3O4S2/c1-3-17(23)20-18-8-14-10-21(11-16(14)26-18)27(24,25)15-6-4-13(5-7-15)9-19-12(2)22/h3-7,14,16,18H,1,8-11H2,2H3,(H,19,22)(H,20,23). The van der Waals surface area contributed by atoms with Crippen LogP contribution in [0.25, 0.3) is 0 Å². The van der Waals surface area contributed by atoms with Crippen molar-refractivity contribution in [1.82, 2.24) is 14.9 Å². The second kappa shape index (κ2) is 8.04. The van der Waals surface area contributed by atoms with Gasteiger partial charge in [0.15, 0.2) is 0 Å². The molecule has 27 heavy (non-hydrogen) atoms. The van der Waals surface area contributed by atoms with E-state index in [-0.39, 0.29) is 33.3 Å². The number of sulfonamides is 1. The van der Waals surface area contributed by atoms with Gasteiger partial charge in [0.05, 0.1) is 10.3 Å². The molecule has 0 saturated carbocycles. The van der Waals surface area contributed by atoms with Crippen LogP contribution in [0.1, 0.15) is 18.9 Å². The number of hydrogen-bond donors (Lipinski definition) is 2. The van der Waals surface area contributed by atoms with Gasteiger partial charge in [0.2, 0.25) is 21.8 Å². The molecule has 0 radical (unpaired) electrons. The molecule has 9 heteroatoms. The van der Waals surface area contributed by atoms with Gasteiger partial charge >= 0.3 is 0 Å². The van der Waals surface area contributed by atoms with E-state index in [4.69, 9.17) is 0 Å². The third kappa shape index (κ3) is 4.53. The van der Waals surface area contributed by atoms with E-state index >= 15 is 0 Å². The van der Waals surface area contributed by atoms with E-state index in [1.807, 2.05) is 0 Å². The molecule has 1 aromatic carbocycles. The minimum atomic E-state index is -3.54. The van der Waals surface area contributed by atoms with Crippen molar-refractivity contribution in [3.8, 4) is 0 Å². The summed E-state index contributed by atoms with van der Waals surface area (Å²) < 4.78 is 27.4. The van der Waals surface area contributed by atoms with Crippen LogP contribution in [0, 0.1) is 5.92 Å². The number of fused-ring (bicyclic) bond motifs is 1. The minimum Gasteiger partial charge on any atom is -0.352 e. The Morgan fingerprint density at radius 2 is 2.00 bits per heavy atom. The number of rotatable bonds is 6. The second-order valence-corrected chi connectivity index (χ2v) is 10.1. The molecule has 0 aromatic heterocycles. The summed E-state index contributed by atoms with van der Waals surface area (Å²) in [5, 5.41) is 5.77. The zero-order valence-corrected chi connectivity index (χ0v) is 16.7. The lowest BCUT2D eigenvalue weighted by Gasteiger charge is -2.19. The molecule has 2 aliphatic rings. The normalized spacial score (nSPS) is 25.0. The van der Waals surface area contributed by atoms with Crippen molar-refractivity contribution in [1.29, 1.82) is 0 Å². The molecule has 2 fully saturated rings. The number of amides is 2. The Labute approximate surface area is 163 Å². The van der Waals surface area contributed by atoms with E-state index in [1.54, 1.807) is 36.0 Å². The van der Waals surface area contributed by atoms with Gasteiger partial charge in [-0.3, -0.25) is 9.59 Å². The molecule has 2 amide bonds. The van der Waals surface area contributed by atoms with Crippen LogP contribution in [0.15, 0.2) is 41.8 Å². The number of thioether (sulfide) groups is 1. The smallest absolute Gasteiger partial charge is 0.244 e. The number of hydrogen-bond acceptors (Lipinski definition) is 5. The van der Waals surface area contributed by atoms with Gasteiger partial charge in [-0.2, -0.15) is 4.31 Å². The Bertz CT molecular complexity index is 825. The molecular formula is C18H23N3O4S2. The molecule has 2 saturated heterocycles. The monoisotopic (exact) mass is 409 g/mol. The van der Waals surface area contributed by atoms with E-state index in [0.29, 0.717) is 19.6 Å². The van der Waals surface area contributed by atoms with Crippen molar-refractivity contribution in [3.05, 3.63) is 42.5 Å². The van der Waals surface area contributed by atoms with E-state index in [2.05, 4.69) is 17.2 Å². The molecule has 3 atom stereocenters. The summed E-state index contributed by atoms with van der Waals surface area (Å²) in [5.74, 6) is -0.0920. The van der Waals surface area contributed by atoms with Gasteiger partial charge in [-0.15, -0.1) is 11.8 Å². The SMILES string of the molecule is C=CC(=O)NC1CC2CN(S(=O)(=O)c3ccc(CNC(C)=O)cc3)CC2S1. The lowest BCUT2D eigenvalue weighted by atomic mass is 10.1. The van der Waals surface area contributed by atoms with Gasteiger partial charge in [0.25, 0.3) is 0 Å². The lowest BCUT2D eigenvalue weighted by molar-refractivity contribution is -0.119. The highest BCUT2D eigenvalue weighted by atomic mass is 32.2. The van der Waals surface area contributed by atoms with Gasteiger partial charge in [-0.1, -0.05) is 18.7 Å². The summed E-state index contributed by atoms with van der Waals surface area (Å²) in [5.41, 5.74) is 0.846. The first-order chi connectivity index (χ1) is 12.8. The molecule has 0 aliphatic carbocycles. The quantitative estimate of drug-likeness (QED) is 0.686. The van der Waals surface area contributed by atoms with Crippen molar-refractivity contribution >= 4 is 33.6 Å². The average Bonchev–Trinajstić information content (AvgIpc) is 3.19. The zero-order chi connectivity index (χ0) is 19.6. The van der Waals surface area contributed by atoms with E-state index in [9.17, 15) is 18.0 Å². The van der Waals surface area contributed by atoms with Crippen molar-refractivity contribution in [3.63, 3.8) is 0 Å². The maximum absolute atomic E-state index is 12.9. The first-order valence-corrected chi connectivity index (χ1v) is 11.1. The van der Waals surface area contributed by atoms with Gasteiger partial charge in [-0.05, 0) is 36.1 Å². The Morgan fingerprint density at radius 3 is 2.59 bits per heavy atom. The molecule has 1 aromatic rings. The van der Waals surface area contributed by atoms with Crippen molar-refractivity contribution in [2.45, 2.75) is 35.4 Å². The van der Waals surface area contributed by atoms with E-state index < -0.39 is 10.0 Å². The van der Waals surface area contributed by atoms with E-state index in [1.165, 1.54) is 17.3 Å². The third-order valence-electron chi connectivity index (χ3n) is 4.79. The topological polar surface area (TPSA) is 95.6 Å². The first-order valence-electron chi connectivity index (χ1n) is 8.71. The molecule has 3 unspecified atom stereocenters. The third-order valence-corrected chi connectivity index (χ3v) is 8.16. The van der Waals surface area contributed by atoms with Crippen molar-refractivity contribution < 1.29 is 18.0 Å². The molecule has 0 spiro atoms. The molecule has 7 nitrogen and oxygen atoms in total. The van der Waals surface area contributed by atoms with Crippen LogP contribution in [0.2, 0.25) is 0 Å². The van der Waals surface area contributed by atoms with Crippen LogP contribution < -0.4 is 10.6 Å². The van der Waals surface area contributed by atoms with Crippen LogP contribution in [-0.2, 0) is 26.2 Å². The first kappa shape index (κ1) is 19.9. The molecule has 2 N–H and O–H groups in total. The fourth-order valence-electron chi connectivity index (χ4n) is 3.39. The molecule has 3 rings (SSSR count). The van der Waals surface area contributed by atoms with Crippen molar-refractivity contribution in [2.24, 2.45) is 5.92 Å². The summed E-state index contributed by atoms with van der Waals surface area (Å²) in [7, 11) is -3.54. The molecule has 146 valence electrons. The fourth-order valence-corrected chi connectivity index (χ4v) is 6.65. The Kier molecular flexibility index (Phi) is 5.92. The Hall–Kier alpha value is -1.84. The summed E-state index contributed by atoms with van der Waals surface area (Å²) >= 11 is 1.63. The van der Waals surface area contributed by atoms with Gasteiger partial charge in [0, 0.05) is 31.8 Å². The van der Waals surface area contributed by atoms with Gasteiger partial charge < -0.3 is 10.6 Å². The lowest BCUT2D eigenvalue weighted by Crippen LogP contribution is -2.33. The number of benzene rings is 1. The van der Waals surface area contributed by atoms with Crippen LogP contribution in [0.4, 0.5) is 0 Å². The van der Waals surface area contributed by atoms with Crippen LogP contribution in [0.5, 0.6) is 0 Å². The summed E-state index contributed by atoms with van der Waals surface area (Å²) in [6.45, 7) is 6.18. The number of nitrogens with one attached hydrogen (secondary N) is 2. The summed E-state index contributed by atoms with van der Waals surface area (Å²) in [4.78, 5) is 22.7. The molecule has 2 heterocycles. The number of carbonyl (C=O) groups is 2. The molecule has 2 aliphatic heterocycles. The highest BCUT2D eigenvalue weighted by molar-refractivity contribution is 8.00. The predicted octanol–water partition coefficient (Wildman–Crippen LogP) is 1.08. The van der Waals surface area contributed by atoms with Crippen LogP contribution >= 0.6 is 11.8 Å². The fraction of sp³-hybridized carbons (Fsp3) is 0.444. The maximum atomic E-state index is 12.9. The average molecular weight is 410 g/mol. The Balaban J connectivity index is 1.62. The van der Waals surface area contributed by atoms with Gasteiger partial charge in [0.1, 0.15) is 0 Å². The van der Waals surface area contributed by atoms with Gasteiger partial charge in [-0.25, -0.2) is 8.42 Å². The van der Waals surface area contributed by atoms with Crippen molar-refractivity contribution in [2.75, 3.05) is 13.1 Å². The number of carbonyl (C=O) groups excluding carboxylic acids is 2. The van der Waals surface area contributed by atoms with Crippen LogP contribution in [-0.4, -0.2) is 48.3 Å². The highest BCUT2D eigenvalue weighted by Gasteiger charge is 2.45. The molecule has 0 bridgehead atoms. The van der Waals surface area contributed by atoms with Crippen LogP contribution in [0.3, 0.4) is 0 Å². The second-order valence-electron chi connectivity index (χ2n) is 6.75. The van der Waals surface area contributed by atoms with E-state index in [0.717, 1.165) is 12.0 Å². The predicted molar refractivity (Wildman–Crippen MR) is 104 cm³/mol. The summed E-state index contributed by atoms with van der Waals surface area (Å²) in [6.07, 6.45) is 2.01. The Morgan fingerprint density at radius 1 is 1.30 bits per heavy atom. The largest absolute Gasteiger partial charge is 0.352 e. The number of nitrogens with zero attached hydrogens (tertiary/aromatic N) is 1. The molecular weight excluding hydrogens is 386 g/mol.